The maximum Gasteiger partial charge on any atom is 0.251 e. The molecular weight excluding hydrogens is 254 g/mol. The lowest BCUT2D eigenvalue weighted by Gasteiger charge is -2.12. The van der Waals surface area contributed by atoms with E-state index in [9.17, 15) is 14.4 Å². The average Bonchev–Trinajstić information content (AvgIpc) is 2.46. The van der Waals surface area contributed by atoms with Crippen LogP contribution in [0.2, 0.25) is 0 Å². The topological polar surface area (TPSA) is 63.2 Å². The fourth-order valence-electron chi connectivity index (χ4n) is 1.93. The Morgan fingerprint density at radius 1 is 1.15 bits per heavy atom. The number of unbranched alkanes of at least 4 members (excludes halogenated alkanes) is 2. The summed E-state index contributed by atoms with van der Waals surface area (Å²) in [5.41, 5.74) is 0.552. The van der Waals surface area contributed by atoms with Crippen LogP contribution in [0.1, 0.15) is 49.4 Å². The Labute approximate surface area is 119 Å². The Balaban J connectivity index is 2.30. The highest BCUT2D eigenvalue weighted by Crippen LogP contribution is 2.06. The van der Waals surface area contributed by atoms with Crippen LogP contribution in [0.3, 0.4) is 0 Å². The van der Waals surface area contributed by atoms with Crippen molar-refractivity contribution in [1.29, 1.82) is 0 Å². The number of amides is 1. The Morgan fingerprint density at radius 2 is 1.85 bits per heavy atom. The second-order valence-corrected chi connectivity index (χ2v) is 4.88. The van der Waals surface area contributed by atoms with Gasteiger partial charge in [-0.1, -0.05) is 31.0 Å². The summed E-state index contributed by atoms with van der Waals surface area (Å²) in [5.74, 6) is -0.0410. The summed E-state index contributed by atoms with van der Waals surface area (Å²) in [5, 5.41) is 2.71. The van der Waals surface area contributed by atoms with Gasteiger partial charge in [-0.3, -0.25) is 4.79 Å². The first-order valence-corrected chi connectivity index (χ1v) is 6.94. The molecule has 0 saturated carbocycles. The lowest BCUT2D eigenvalue weighted by atomic mass is 10.1. The molecule has 4 heteroatoms. The van der Waals surface area contributed by atoms with Crippen molar-refractivity contribution in [3.8, 4) is 0 Å². The zero-order chi connectivity index (χ0) is 14.8. The van der Waals surface area contributed by atoms with Gasteiger partial charge in [0.15, 0.2) is 0 Å². The number of carbonyl (C=O) groups excluding carboxylic acids is 3. The molecule has 0 radical (unpaired) electrons. The Morgan fingerprint density at radius 3 is 2.45 bits per heavy atom. The molecule has 1 atom stereocenters. The maximum atomic E-state index is 11.9. The van der Waals surface area contributed by atoms with Crippen LogP contribution in [0.4, 0.5) is 0 Å². The molecule has 0 bridgehead atoms. The minimum atomic E-state index is -0.458. The van der Waals surface area contributed by atoms with Crippen molar-refractivity contribution in [1.82, 2.24) is 5.32 Å². The Bertz CT molecular complexity index is 442. The van der Waals surface area contributed by atoms with Gasteiger partial charge < -0.3 is 14.9 Å². The number of ketones is 1. The normalized spacial score (nSPS) is 11.7. The van der Waals surface area contributed by atoms with Crippen LogP contribution in [0, 0.1) is 0 Å². The summed E-state index contributed by atoms with van der Waals surface area (Å²) in [7, 11) is 0. The maximum absolute atomic E-state index is 11.9. The summed E-state index contributed by atoms with van der Waals surface area (Å²) in [4.78, 5) is 33.6. The van der Waals surface area contributed by atoms with Crippen LogP contribution in [-0.2, 0) is 9.59 Å². The van der Waals surface area contributed by atoms with Crippen LogP contribution in [0.15, 0.2) is 30.3 Å². The summed E-state index contributed by atoms with van der Waals surface area (Å²) in [6.45, 7) is 1.58. The van der Waals surface area contributed by atoms with E-state index in [1.807, 2.05) is 6.07 Å². The molecule has 0 spiro atoms. The third-order valence-corrected chi connectivity index (χ3v) is 3.06. The minimum Gasteiger partial charge on any atom is -0.343 e. The Kier molecular flexibility index (Phi) is 7.25. The number of rotatable bonds is 9. The van der Waals surface area contributed by atoms with Crippen LogP contribution >= 0.6 is 0 Å². The van der Waals surface area contributed by atoms with Gasteiger partial charge in [0.25, 0.3) is 5.91 Å². The summed E-state index contributed by atoms with van der Waals surface area (Å²) in [6.07, 6.45) is 4.53. The van der Waals surface area contributed by atoms with Crippen molar-refractivity contribution in [2.75, 3.05) is 0 Å². The number of carbonyl (C=O) groups is 3. The summed E-state index contributed by atoms with van der Waals surface area (Å²) >= 11 is 0. The first-order valence-electron chi connectivity index (χ1n) is 6.94. The smallest absolute Gasteiger partial charge is 0.251 e. The van der Waals surface area contributed by atoms with E-state index in [0.29, 0.717) is 18.4 Å². The quantitative estimate of drug-likeness (QED) is 0.556. The van der Waals surface area contributed by atoms with Gasteiger partial charge in [0.05, 0.1) is 6.04 Å². The molecule has 1 N–H and O–H groups in total. The molecule has 1 aromatic carbocycles. The zero-order valence-corrected chi connectivity index (χ0v) is 11.8. The van der Waals surface area contributed by atoms with Crippen LogP contribution < -0.4 is 5.32 Å². The van der Waals surface area contributed by atoms with Crippen molar-refractivity contribution in [2.45, 2.75) is 45.1 Å². The Hall–Kier alpha value is -1.97. The number of hydrogen-bond donors (Lipinski definition) is 1. The molecule has 0 heterocycles. The zero-order valence-electron chi connectivity index (χ0n) is 11.8. The molecule has 108 valence electrons. The van der Waals surface area contributed by atoms with E-state index in [0.717, 1.165) is 25.5 Å². The number of Topliss-reactive ketones (excluding diaryl/α,β-unsaturated/α-hetero) is 1. The van der Waals surface area contributed by atoms with Crippen molar-refractivity contribution >= 4 is 18.0 Å². The molecule has 20 heavy (non-hydrogen) atoms. The predicted octanol–water partition coefficient (Wildman–Crippen LogP) is 2.52. The first kappa shape index (κ1) is 16.1. The molecule has 0 aliphatic rings. The second kappa shape index (κ2) is 9.02. The number of hydrogen-bond acceptors (Lipinski definition) is 3. The van der Waals surface area contributed by atoms with Crippen molar-refractivity contribution in [2.24, 2.45) is 0 Å². The highest BCUT2D eigenvalue weighted by atomic mass is 16.2. The van der Waals surface area contributed by atoms with Crippen LogP contribution in [0.5, 0.6) is 0 Å². The van der Waals surface area contributed by atoms with E-state index >= 15 is 0 Å². The van der Waals surface area contributed by atoms with Crippen molar-refractivity contribution in [3.05, 3.63) is 35.9 Å². The monoisotopic (exact) mass is 275 g/mol. The fourth-order valence-corrected chi connectivity index (χ4v) is 1.93. The third-order valence-electron chi connectivity index (χ3n) is 3.06. The van der Waals surface area contributed by atoms with E-state index in [1.54, 1.807) is 31.2 Å². The summed E-state index contributed by atoms with van der Waals surface area (Å²) < 4.78 is 0. The van der Waals surface area contributed by atoms with Crippen molar-refractivity contribution < 1.29 is 14.4 Å². The standard InChI is InChI=1S/C16H21NO3/c1-13(19)8-4-2-7-11-15(12-18)17-16(20)14-9-5-3-6-10-14/h3,5-6,9-10,12,15H,2,4,7-8,11H2,1H3,(H,17,20)/t15-/m0/s1. The van der Waals surface area contributed by atoms with Gasteiger partial charge in [0.2, 0.25) is 0 Å². The molecule has 0 aromatic heterocycles. The van der Waals surface area contributed by atoms with E-state index in [1.165, 1.54) is 0 Å². The number of nitrogens with one attached hydrogen (secondary N) is 1. The molecule has 0 aliphatic heterocycles. The second-order valence-electron chi connectivity index (χ2n) is 4.88. The average molecular weight is 275 g/mol. The molecule has 0 saturated heterocycles. The highest BCUT2D eigenvalue weighted by Gasteiger charge is 2.12. The minimum absolute atomic E-state index is 0.189. The van der Waals surface area contributed by atoms with Gasteiger partial charge in [-0.2, -0.15) is 0 Å². The fraction of sp³-hybridized carbons (Fsp3) is 0.438. The van der Waals surface area contributed by atoms with Crippen LogP contribution in [-0.4, -0.2) is 24.0 Å². The molecule has 0 fully saturated rings. The molecule has 0 unspecified atom stereocenters. The van der Waals surface area contributed by atoms with Gasteiger partial charge in [-0.25, -0.2) is 0 Å². The lowest BCUT2D eigenvalue weighted by molar-refractivity contribution is -0.117. The van der Waals surface area contributed by atoms with E-state index < -0.39 is 6.04 Å². The highest BCUT2D eigenvalue weighted by molar-refractivity contribution is 5.95. The SMILES string of the molecule is CC(=O)CCCCC[C@@H](C=O)NC(=O)c1ccccc1. The van der Waals surface area contributed by atoms with Gasteiger partial charge in [0.1, 0.15) is 12.1 Å². The summed E-state index contributed by atoms with van der Waals surface area (Å²) in [6, 6.07) is 8.37. The van der Waals surface area contributed by atoms with E-state index in [4.69, 9.17) is 0 Å². The first-order chi connectivity index (χ1) is 9.63. The van der Waals surface area contributed by atoms with Gasteiger partial charge in [-0.15, -0.1) is 0 Å². The van der Waals surface area contributed by atoms with Gasteiger partial charge in [0, 0.05) is 12.0 Å². The van der Waals surface area contributed by atoms with Crippen molar-refractivity contribution in [3.63, 3.8) is 0 Å². The largest absolute Gasteiger partial charge is 0.343 e. The molecule has 4 nitrogen and oxygen atoms in total. The third kappa shape index (κ3) is 6.27. The molecule has 1 amide bonds. The molecular formula is C16H21NO3. The molecule has 1 aromatic rings. The van der Waals surface area contributed by atoms with Gasteiger partial charge in [-0.05, 0) is 31.9 Å². The van der Waals surface area contributed by atoms with Gasteiger partial charge >= 0.3 is 0 Å². The van der Waals surface area contributed by atoms with E-state index in [-0.39, 0.29) is 11.7 Å². The lowest BCUT2D eigenvalue weighted by Crippen LogP contribution is -2.35. The number of benzene rings is 1. The van der Waals surface area contributed by atoms with Crippen LogP contribution in [0.25, 0.3) is 0 Å². The molecule has 0 aliphatic carbocycles. The molecule has 1 rings (SSSR count). The number of aldehydes is 1. The predicted molar refractivity (Wildman–Crippen MR) is 77.5 cm³/mol. The van der Waals surface area contributed by atoms with E-state index in [2.05, 4.69) is 5.32 Å².